The number of primary sulfonamides is 1. The summed E-state index contributed by atoms with van der Waals surface area (Å²) in [5.41, 5.74) is 0.469. The maximum Gasteiger partial charge on any atom is 0.339 e. The molecule has 1 aliphatic heterocycles. The van der Waals surface area contributed by atoms with Crippen molar-refractivity contribution < 1.29 is 22.7 Å². The molecule has 0 bridgehead atoms. The average Bonchev–Trinajstić information content (AvgIpc) is 3.20. The standard InChI is InChI=1S/C19H19ClN2O5S/c20-15-9-8-14(12-16(15)28(21,25)26)19(24)27-17(13-6-2-1-3-7-13)18(23)22-10-4-5-11-22/h1-3,6-9,12,17H,4-5,10-11H2,(H2,21,25,26). The van der Waals surface area contributed by atoms with Crippen molar-refractivity contribution >= 4 is 33.5 Å². The fourth-order valence-electron chi connectivity index (χ4n) is 3.02. The quantitative estimate of drug-likeness (QED) is 0.745. The summed E-state index contributed by atoms with van der Waals surface area (Å²) in [6.45, 7) is 1.21. The molecule has 2 aromatic rings. The second kappa shape index (κ2) is 8.30. The van der Waals surface area contributed by atoms with Crippen LogP contribution in [-0.2, 0) is 19.6 Å². The van der Waals surface area contributed by atoms with Gasteiger partial charge in [-0.15, -0.1) is 0 Å². The van der Waals surface area contributed by atoms with Gasteiger partial charge >= 0.3 is 5.97 Å². The molecular formula is C19H19ClN2O5S. The number of carbonyl (C=O) groups is 2. The third kappa shape index (κ3) is 4.52. The summed E-state index contributed by atoms with van der Waals surface area (Å²) < 4.78 is 28.8. The Hall–Kier alpha value is -2.42. The Kier molecular flexibility index (Phi) is 6.02. The summed E-state index contributed by atoms with van der Waals surface area (Å²) in [6.07, 6.45) is 0.673. The zero-order valence-electron chi connectivity index (χ0n) is 14.9. The lowest BCUT2D eigenvalue weighted by atomic mass is 10.1. The molecule has 3 rings (SSSR count). The summed E-state index contributed by atoms with van der Waals surface area (Å²) in [7, 11) is -4.11. The maximum atomic E-state index is 12.9. The van der Waals surface area contributed by atoms with E-state index in [9.17, 15) is 18.0 Å². The minimum Gasteiger partial charge on any atom is -0.444 e. The average molecular weight is 423 g/mol. The first-order chi connectivity index (χ1) is 13.3. The van der Waals surface area contributed by atoms with E-state index in [-0.39, 0.29) is 21.4 Å². The third-order valence-corrected chi connectivity index (χ3v) is 5.84. The van der Waals surface area contributed by atoms with Crippen molar-refractivity contribution in [2.75, 3.05) is 13.1 Å². The molecule has 7 nitrogen and oxygen atoms in total. The van der Waals surface area contributed by atoms with Gasteiger partial charge in [-0.1, -0.05) is 41.9 Å². The zero-order chi connectivity index (χ0) is 20.3. The number of halogens is 1. The number of hydrogen-bond acceptors (Lipinski definition) is 5. The Labute approximate surface area is 168 Å². The molecular weight excluding hydrogens is 404 g/mol. The highest BCUT2D eigenvalue weighted by atomic mass is 35.5. The van der Waals surface area contributed by atoms with E-state index in [1.54, 1.807) is 35.2 Å². The van der Waals surface area contributed by atoms with Crippen molar-refractivity contribution in [3.8, 4) is 0 Å². The number of nitrogens with zero attached hydrogens (tertiary/aromatic N) is 1. The van der Waals surface area contributed by atoms with Crippen LogP contribution in [0.1, 0.15) is 34.9 Å². The minimum absolute atomic E-state index is 0.0661. The molecule has 1 aliphatic rings. The van der Waals surface area contributed by atoms with Crippen molar-refractivity contribution in [3.63, 3.8) is 0 Å². The molecule has 0 aliphatic carbocycles. The number of esters is 1. The second-order valence-corrected chi connectivity index (χ2v) is 8.36. The van der Waals surface area contributed by atoms with Crippen LogP contribution in [0.4, 0.5) is 0 Å². The number of sulfonamides is 1. The number of hydrogen-bond donors (Lipinski definition) is 1. The molecule has 2 aromatic carbocycles. The van der Waals surface area contributed by atoms with Crippen molar-refractivity contribution in [2.45, 2.75) is 23.8 Å². The van der Waals surface area contributed by atoms with Gasteiger partial charge in [0.1, 0.15) is 4.90 Å². The Morgan fingerprint density at radius 1 is 1.07 bits per heavy atom. The summed E-state index contributed by atoms with van der Waals surface area (Å²) in [4.78, 5) is 26.8. The summed E-state index contributed by atoms with van der Waals surface area (Å²) in [5.74, 6) is -1.15. The highest BCUT2D eigenvalue weighted by Crippen LogP contribution is 2.26. The van der Waals surface area contributed by atoms with Crippen LogP contribution in [0.2, 0.25) is 5.02 Å². The molecule has 9 heteroatoms. The second-order valence-electron chi connectivity index (χ2n) is 6.42. The van der Waals surface area contributed by atoms with E-state index in [1.165, 1.54) is 12.1 Å². The summed E-state index contributed by atoms with van der Waals surface area (Å²) in [5, 5.41) is 5.02. The minimum atomic E-state index is -4.11. The zero-order valence-corrected chi connectivity index (χ0v) is 16.4. The first-order valence-electron chi connectivity index (χ1n) is 8.64. The van der Waals surface area contributed by atoms with Crippen molar-refractivity contribution in [1.82, 2.24) is 4.90 Å². The van der Waals surface area contributed by atoms with Gasteiger partial charge in [0.15, 0.2) is 0 Å². The molecule has 1 heterocycles. The molecule has 28 heavy (non-hydrogen) atoms. The Balaban J connectivity index is 1.90. The molecule has 1 saturated heterocycles. The van der Waals surface area contributed by atoms with Crippen molar-refractivity contribution in [1.29, 1.82) is 0 Å². The van der Waals surface area contributed by atoms with Crippen molar-refractivity contribution in [2.24, 2.45) is 5.14 Å². The Bertz CT molecular complexity index is 989. The number of benzene rings is 2. The van der Waals surface area contributed by atoms with Gasteiger partial charge < -0.3 is 9.64 Å². The predicted octanol–water partition coefficient (Wildman–Crippen LogP) is 2.51. The molecule has 0 aromatic heterocycles. The summed E-state index contributed by atoms with van der Waals surface area (Å²) >= 11 is 5.85. The van der Waals surface area contributed by atoms with Gasteiger partial charge in [0.05, 0.1) is 10.6 Å². The topological polar surface area (TPSA) is 107 Å². The van der Waals surface area contributed by atoms with Crippen LogP contribution >= 0.6 is 11.6 Å². The van der Waals surface area contributed by atoms with Crippen LogP contribution in [0.5, 0.6) is 0 Å². The number of amides is 1. The van der Waals surface area contributed by atoms with Gasteiger partial charge in [-0.2, -0.15) is 0 Å². The van der Waals surface area contributed by atoms with Crippen LogP contribution in [0.3, 0.4) is 0 Å². The highest BCUT2D eigenvalue weighted by Gasteiger charge is 2.31. The summed E-state index contributed by atoms with van der Waals surface area (Å²) in [6, 6.07) is 12.3. The monoisotopic (exact) mass is 422 g/mol. The maximum absolute atomic E-state index is 12.9. The van der Waals surface area contributed by atoms with Gasteiger partial charge in [0.2, 0.25) is 16.1 Å². The van der Waals surface area contributed by atoms with Crippen molar-refractivity contribution in [3.05, 3.63) is 64.7 Å². The van der Waals surface area contributed by atoms with Crippen LogP contribution in [-0.4, -0.2) is 38.3 Å². The fraction of sp³-hybridized carbons (Fsp3) is 0.263. The number of likely N-dealkylation sites (tertiary alicyclic amines) is 1. The fourth-order valence-corrected chi connectivity index (χ4v) is 4.09. The van der Waals surface area contributed by atoms with E-state index < -0.39 is 22.1 Å². The first kappa shape index (κ1) is 20.3. The van der Waals surface area contributed by atoms with Gasteiger partial charge in [-0.05, 0) is 31.0 Å². The molecule has 1 fully saturated rings. The predicted molar refractivity (Wildman–Crippen MR) is 103 cm³/mol. The normalized spacial score (nSPS) is 15.3. The smallest absolute Gasteiger partial charge is 0.339 e. The molecule has 1 atom stereocenters. The molecule has 1 amide bonds. The lowest BCUT2D eigenvalue weighted by Gasteiger charge is -2.23. The van der Waals surface area contributed by atoms with E-state index in [1.807, 2.05) is 0 Å². The lowest BCUT2D eigenvalue weighted by molar-refractivity contribution is -0.140. The van der Waals surface area contributed by atoms with Gasteiger partial charge in [-0.25, -0.2) is 18.4 Å². The van der Waals surface area contributed by atoms with E-state index in [4.69, 9.17) is 21.5 Å². The van der Waals surface area contributed by atoms with E-state index in [0.717, 1.165) is 18.9 Å². The Morgan fingerprint density at radius 3 is 2.32 bits per heavy atom. The van der Waals surface area contributed by atoms with Gasteiger partial charge in [-0.3, -0.25) is 4.79 Å². The Morgan fingerprint density at radius 2 is 1.71 bits per heavy atom. The molecule has 148 valence electrons. The molecule has 0 saturated carbocycles. The van der Waals surface area contributed by atoms with Crippen LogP contribution in [0.15, 0.2) is 53.4 Å². The third-order valence-electron chi connectivity index (χ3n) is 4.44. The molecule has 2 N–H and O–H groups in total. The molecule has 1 unspecified atom stereocenters. The van der Waals surface area contributed by atoms with E-state index in [2.05, 4.69) is 0 Å². The number of ether oxygens (including phenoxy) is 1. The van der Waals surface area contributed by atoms with Crippen LogP contribution in [0, 0.1) is 0 Å². The molecule has 0 spiro atoms. The number of carbonyl (C=O) groups excluding carboxylic acids is 2. The number of nitrogens with two attached hydrogens (primary N) is 1. The highest BCUT2D eigenvalue weighted by molar-refractivity contribution is 7.89. The molecule has 0 radical (unpaired) electrons. The first-order valence-corrected chi connectivity index (χ1v) is 10.6. The lowest BCUT2D eigenvalue weighted by Crippen LogP contribution is -2.34. The van der Waals surface area contributed by atoms with E-state index >= 15 is 0 Å². The van der Waals surface area contributed by atoms with E-state index in [0.29, 0.717) is 18.7 Å². The van der Waals surface area contributed by atoms with Crippen LogP contribution in [0.25, 0.3) is 0 Å². The van der Waals surface area contributed by atoms with Crippen LogP contribution < -0.4 is 5.14 Å². The van der Waals surface area contributed by atoms with Gasteiger partial charge in [0.25, 0.3) is 5.91 Å². The number of rotatable bonds is 5. The largest absolute Gasteiger partial charge is 0.444 e. The SMILES string of the molecule is NS(=O)(=O)c1cc(C(=O)OC(C(=O)N2CCCC2)c2ccccc2)ccc1Cl. The van der Waals surface area contributed by atoms with Gasteiger partial charge in [0, 0.05) is 18.7 Å².